The van der Waals surface area contributed by atoms with Crippen molar-refractivity contribution in [1.82, 2.24) is 4.90 Å². The summed E-state index contributed by atoms with van der Waals surface area (Å²) in [6, 6.07) is 6.12. The lowest BCUT2D eigenvalue weighted by Crippen LogP contribution is -2.76. The second-order valence-corrected chi connectivity index (χ2v) is 9.21. The zero-order valence-electron chi connectivity index (χ0n) is 15.4. The highest BCUT2D eigenvalue weighted by molar-refractivity contribution is 5.90. The summed E-state index contributed by atoms with van der Waals surface area (Å²) in [6.07, 6.45) is 5.67. The summed E-state index contributed by atoms with van der Waals surface area (Å²) >= 11 is 0. The molecule has 5 aliphatic rings. The number of rotatable bonds is 2. The molecule has 1 saturated heterocycles. The molecule has 5 heteroatoms. The lowest BCUT2D eigenvalue weighted by atomic mass is 9.49. The van der Waals surface area contributed by atoms with Crippen LogP contribution in [0.5, 0.6) is 5.75 Å². The van der Waals surface area contributed by atoms with Crippen molar-refractivity contribution in [3.63, 3.8) is 0 Å². The quantitative estimate of drug-likeness (QED) is 0.870. The van der Waals surface area contributed by atoms with Gasteiger partial charge in [0.15, 0.2) is 11.9 Å². The number of carbonyl (C=O) groups is 1. The maximum Gasteiger partial charge on any atom is 0.174 e. The number of hydrogen-bond donors (Lipinski definition) is 1. The van der Waals surface area contributed by atoms with Crippen LogP contribution in [0.4, 0.5) is 0 Å². The van der Waals surface area contributed by atoms with E-state index in [9.17, 15) is 15.2 Å². The van der Waals surface area contributed by atoms with Crippen LogP contribution in [0.3, 0.4) is 0 Å². The average Bonchev–Trinajstić information content (AvgIpc) is 2.98. The van der Waals surface area contributed by atoms with E-state index in [2.05, 4.69) is 11.0 Å². The number of aliphatic hydroxyl groups is 1. The Bertz CT molecular complexity index is 902. The predicted molar refractivity (Wildman–Crippen MR) is 97.5 cm³/mol. The van der Waals surface area contributed by atoms with Crippen molar-refractivity contribution in [2.75, 3.05) is 13.1 Å². The van der Waals surface area contributed by atoms with Gasteiger partial charge in [0.05, 0.1) is 16.6 Å². The molecule has 1 N–H and O–H groups in total. The molecule has 5 nitrogen and oxygen atoms in total. The molecule has 0 aromatic heterocycles. The van der Waals surface area contributed by atoms with Crippen LogP contribution in [-0.4, -0.2) is 46.6 Å². The molecule has 1 aromatic rings. The minimum absolute atomic E-state index is 0.0393. The van der Waals surface area contributed by atoms with Gasteiger partial charge in [0.25, 0.3) is 0 Å². The van der Waals surface area contributed by atoms with Crippen LogP contribution in [0.25, 0.3) is 0 Å². The van der Waals surface area contributed by atoms with Gasteiger partial charge in [-0.05, 0) is 56.2 Å². The van der Waals surface area contributed by atoms with Gasteiger partial charge in [0.2, 0.25) is 0 Å². The van der Waals surface area contributed by atoms with E-state index < -0.39 is 17.1 Å². The first-order chi connectivity index (χ1) is 13.1. The van der Waals surface area contributed by atoms with Crippen molar-refractivity contribution >= 4 is 5.78 Å². The minimum Gasteiger partial charge on any atom is -0.480 e. The molecule has 2 bridgehead atoms. The molecule has 3 aliphatic carbocycles. The van der Waals surface area contributed by atoms with Crippen LogP contribution in [0, 0.1) is 17.2 Å². The molecule has 0 radical (unpaired) electrons. The number of nitriles is 1. The van der Waals surface area contributed by atoms with E-state index in [0.717, 1.165) is 43.0 Å². The van der Waals surface area contributed by atoms with Crippen LogP contribution in [0.2, 0.25) is 0 Å². The Morgan fingerprint density at radius 1 is 1.33 bits per heavy atom. The summed E-state index contributed by atoms with van der Waals surface area (Å²) in [6.45, 7) is 1.95. The van der Waals surface area contributed by atoms with E-state index in [1.54, 1.807) is 0 Å². The van der Waals surface area contributed by atoms with Gasteiger partial charge in [-0.25, -0.2) is 0 Å². The minimum atomic E-state index is -0.945. The van der Waals surface area contributed by atoms with Crippen molar-refractivity contribution in [3.8, 4) is 11.8 Å². The summed E-state index contributed by atoms with van der Waals surface area (Å²) in [5.41, 5.74) is 1.01. The van der Waals surface area contributed by atoms with Gasteiger partial charge < -0.3 is 9.84 Å². The van der Waals surface area contributed by atoms with Gasteiger partial charge in [0.1, 0.15) is 11.8 Å². The van der Waals surface area contributed by atoms with Crippen molar-refractivity contribution in [1.29, 1.82) is 5.26 Å². The Labute approximate surface area is 158 Å². The highest BCUT2D eigenvalue weighted by Crippen LogP contribution is 2.63. The molecule has 140 valence electrons. The number of carbonyl (C=O) groups excluding carboxylic acids is 1. The predicted octanol–water partition coefficient (Wildman–Crippen LogP) is 2.08. The van der Waals surface area contributed by atoms with Gasteiger partial charge in [0, 0.05) is 24.6 Å². The highest BCUT2D eigenvalue weighted by atomic mass is 16.5. The average molecular weight is 364 g/mol. The summed E-state index contributed by atoms with van der Waals surface area (Å²) in [5.74, 6) is 1.40. The standard InChI is InChI=1S/C22H24N2O3/c23-11-15-5-4-14-10-17-22(26)7-6-16(25)20-21(22,18(14)19(15)27-20)8-9-24(17)12-13-2-1-3-13/h4-5,13,17,20,26H,1-3,6-10,12H2/t17-,20?,21+,22-/m1/s1. The number of benzene rings is 1. The van der Waals surface area contributed by atoms with Crippen LogP contribution in [0.1, 0.15) is 55.2 Å². The fourth-order valence-electron chi connectivity index (χ4n) is 6.74. The van der Waals surface area contributed by atoms with Crippen LogP contribution < -0.4 is 4.74 Å². The number of nitrogens with zero attached hydrogens (tertiary/aromatic N) is 2. The Kier molecular flexibility index (Phi) is 3.05. The van der Waals surface area contributed by atoms with Crippen LogP contribution >= 0.6 is 0 Å². The molecular weight excluding hydrogens is 340 g/mol. The normalized spacial score (nSPS) is 39.3. The molecular formula is C22H24N2O3. The summed E-state index contributed by atoms with van der Waals surface area (Å²) in [5, 5.41) is 21.7. The van der Waals surface area contributed by atoms with E-state index in [0.29, 0.717) is 24.2 Å². The maximum atomic E-state index is 12.8. The van der Waals surface area contributed by atoms with Gasteiger partial charge >= 0.3 is 0 Å². The highest BCUT2D eigenvalue weighted by Gasteiger charge is 2.73. The number of hydrogen-bond acceptors (Lipinski definition) is 5. The lowest BCUT2D eigenvalue weighted by Gasteiger charge is -2.63. The third kappa shape index (κ3) is 1.75. The summed E-state index contributed by atoms with van der Waals surface area (Å²) in [4.78, 5) is 15.3. The number of Topliss-reactive ketones (excluding diaryl/α,β-unsaturated/α-hetero) is 1. The van der Waals surface area contributed by atoms with Gasteiger partial charge in [-0.2, -0.15) is 5.26 Å². The summed E-state index contributed by atoms with van der Waals surface area (Å²) < 4.78 is 6.18. The van der Waals surface area contributed by atoms with Crippen molar-refractivity contribution in [2.24, 2.45) is 5.92 Å². The first kappa shape index (κ1) is 16.1. The van der Waals surface area contributed by atoms with Gasteiger partial charge in [-0.1, -0.05) is 12.5 Å². The Hall–Kier alpha value is -1.90. The van der Waals surface area contributed by atoms with Crippen molar-refractivity contribution in [2.45, 2.75) is 68.1 Å². The van der Waals surface area contributed by atoms with E-state index in [1.165, 1.54) is 19.3 Å². The first-order valence-electron chi connectivity index (χ1n) is 10.3. The third-order valence-corrected chi connectivity index (χ3v) is 8.23. The molecule has 2 aliphatic heterocycles. The molecule has 27 heavy (non-hydrogen) atoms. The second-order valence-electron chi connectivity index (χ2n) is 9.21. The zero-order chi connectivity index (χ0) is 18.4. The smallest absolute Gasteiger partial charge is 0.174 e. The van der Waals surface area contributed by atoms with Crippen molar-refractivity contribution in [3.05, 3.63) is 28.8 Å². The molecule has 1 unspecified atom stereocenters. The van der Waals surface area contributed by atoms with E-state index in [1.807, 2.05) is 12.1 Å². The molecule has 0 amide bonds. The number of ether oxygens (including phenoxy) is 1. The number of piperidine rings is 1. The third-order valence-electron chi connectivity index (χ3n) is 8.23. The number of ketones is 1. The van der Waals surface area contributed by atoms with E-state index in [-0.39, 0.29) is 11.8 Å². The van der Waals surface area contributed by atoms with Crippen LogP contribution in [0.15, 0.2) is 12.1 Å². The zero-order valence-corrected chi connectivity index (χ0v) is 15.4. The molecule has 4 atom stereocenters. The Balaban J connectivity index is 1.54. The monoisotopic (exact) mass is 364 g/mol. The van der Waals surface area contributed by atoms with E-state index >= 15 is 0 Å². The number of likely N-dealkylation sites (tertiary alicyclic amines) is 1. The van der Waals surface area contributed by atoms with Gasteiger partial charge in [-0.3, -0.25) is 9.69 Å². The Morgan fingerprint density at radius 2 is 2.19 bits per heavy atom. The fourth-order valence-corrected chi connectivity index (χ4v) is 6.74. The summed E-state index contributed by atoms with van der Waals surface area (Å²) in [7, 11) is 0. The van der Waals surface area contributed by atoms with Crippen molar-refractivity contribution < 1.29 is 14.6 Å². The molecule has 1 spiro atoms. The fraction of sp³-hybridized carbons (Fsp3) is 0.636. The second kappa shape index (κ2) is 5.12. The van der Waals surface area contributed by atoms with Gasteiger partial charge in [-0.15, -0.1) is 0 Å². The molecule has 1 aromatic carbocycles. The van der Waals surface area contributed by atoms with Crippen LogP contribution in [-0.2, 0) is 16.6 Å². The first-order valence-corrected chi connectivity index (χ1v) is 10.3. The molecule has 3 fully saturated rings. The molecule has 6 rings (SSSR count). The topological polar surface area (TPSA) is 73.6 Å². The molecule has 2 heterocycles. The largest absolute Gasteiger partial charge is 0.480 e. The SMILES string of the molecule is N#Cc1ccc2c3c1OC1C(=O)CC[C@@]4(O)[C@@H](C2)N(CC2CCC2)CC[C@]314. The maximum absolute atomic E-state index is 12.8. The molecule has 2 saturated carbocycles. The lowest BCUT2D eigenvalue weighted by molar-refractivity contribution is -0.190. The Morgan fingerprint density at radius 3 is 2.93 bits per heavy atom. The van der Waals surface area contributed by atoms with E-state index in [4.69, 9.17) is 4.74 Å².